The molecule has 0 saturated heterocycles. The summed E-state index contributed by atoms with van der Waals surface area (Å²) < 4.78 is 0. The van der Waals surface area contributed by atoms with Gasteiger partial charge >= 0.3 is 0 Å². The number of hydrogen-bond donors (Lipinski definition) is 1. The van der Waals surface area contributed by atoms with Crippen LogP contribution in [0.15, 0.2) is 0 Å². The van der Waals surface area contributed by atoms with Gasteiger partial charge in [0.1, 0.15) is 0 Å². The highest BCUT2D eigenvalue weighted by atomic mass is 15.1. The van der Waals surface area contributed by atoms with E-state index < -0.39 is 0 Å². The van der Waals surface area contributed by atoms with Crippen molar-refractivity contribution in [3.63, 3.8) is 0 Å². The fraction of sp³-hybridized carbons (Fsp3) is 1.00. The van der Waals surface area contributed by atoms with E-state index in [1.807, 2.05) is 0 Å². The molecule has 1 aliphatic carbocycles. The molecule has 0 spiro atoms. The molecule has 4 atom stereocenters. The molecule has 2 nitrogen and oxygen atoms in total. The Morgan fingerprint density at radius 3 is 2.26 bits per heavy atom. The van der Waals surface area contributed by atoms with Crippen LogP contribution >= 0.6 is 0 Å². The fourth-order valence-corrected chi connectivity index (χ4v) is 3.58. The SMILES string of the molecule is CCNC(CCN(CC)CC)C1CCC(C)C(C)C1. The van der Waals surface area contributed by atoms with Crippen molar-refractivity contribution >= 4 is 0 Å². The second kappa shape index (κ2) is 8.97. The van der Waals surface area contributed by atoms with Gasteiger partial charge in [-0.15, -0.1) is 0 Å². The molecule has 1 fully saturated rings. The summed E-state index contributed by atoms with van der Waals surface area (Å²) in [5, 5.41) is 3.76. The highest BCUT2D eigenvalue weighted by Gasteiger charge is 2.29. The van der Waals surface area contributed by atoms with Crippen LogP contribution in [-0.2, 0) is 0 Å². The van der Waals surface area contributed by atoms with Crippen LogP contribution in [0.25, 0.3) is 0 Å². The first kappa shape index (κ1) is 17.0. The highest BCUT2D eigenvalue weighted by molar-refractivity contribution is 4.84. The van der Waals surface area contributed by atoms with Gasteiger partial charge in [0, 0.05) is 6.04 Å². The summed E-state index contributed by atoms with van der Waals surface area (Å²) in [6.07, 6.45) is 5.61. The maximum atomic E-state index is 3.76. The topological polar surface area (TPSA) is 15.3 Å². The van der Waals surface area contributed by atoms with Gasteiger partial charge in [-0.25, -0.2) is 0 Å². The smallest absolute Gasteiger partial charge is 0.0107 e. The fourth-order valence-electron chi connectivity index (χ4n) is 3.58. The Bertz CT molecular complexity index is 225. The summed E-state index contributed by atoms with van der Waals surface area (Å²) in [5.41, 5.74) is 0. The van der Waals surface area contributed by atoms with Crippen LogP contribution < -0.4 is 5.32 Å². The summed E-state index contributed by atoms with van der Waals surface area (Å²) in [6.45, 7) is 16.4. The lowest BCUT2D eigenvalue weighted by Gasteiger charge is -2.37. The van der Waals surface area contributed by atoms with Crippen molar-refractivity contribution < 1.29 is 0 Å². The van der Waals surface area contributed by atoms with Crippen molar-refractivity contribution in [3.8, 4) is 0 Å². The third-order valence-electron chi connectivity index (χ3n) is 5.32. The number of nitrogens with zero attached hydrogens (tertiary/aromatic N) is 1. The van der Waals surface area contributed by atoms with E-state index in [1.165, 1.54) is 45.3 Å². The summed E-state index contributed by atoms with van der Waals surface area (Å²) in [6, 6.07) is 0.737. The lowest BCUT2D eigenvalue weighted by molar-refractivity contribution is 0.157. The Hall–Kier alpha value is -0.0800. The van der Waals surface area contributed by atoms with E-state index in [9.17, 15) is 0 Å². The van der Waals surface area contributed by atoms with Gasteiger partial charge in [0.25, 0.3) is 0 Å². The van der Waals surface area contributed by atoms with E-state index in [-0.39, 0.29) is 0 Å². The highest BCUT2D eigenvalue weighted by Crippen LogP contribution is 2.35. The summed E-state index contributed by atoms with van der Waals surface area (Å²) in [5.74, 6) is 2.75. The van der Waals surface area contributed by atoms with Crippen molar-refractivity contribution in [3.05, 3.63) is 0 Å². The maximum absolute atomic E-state index is 3.76. The van der Waals surface area contributed by atoms with Crippen molar-refractivity contribution in [2.45, 2.75) is 66.3 Å². The van der Waals surface area contributed by atoms with Gasteiger partial charge in [-0.3, -0.25) is 0 Å². The molecule has 0 aromatic heterocycles. The average Bonchev–Trinajstić information content (AvgIpc) is 2.42. The van der Waals surface area contributed by atoms with E-state index >= 15 is 0 Å². The second-order valence-electron chi connectivity index (χ2n) is 6.51. The minimum absolute atomic E-state index is 0.737. The van der Waals surface area contributed by atoms with Crippen LogP contribution in [0.3, 0.4) is 0 Å². The molecule has 1 N–H and O–H groups in total. The Kier molecular flexibility index (Phi) is 8.01. The number of hydrogen-bond acceptors (Lipinski definition) is 2. The normalized spacial score (nSPS) is 29.7. The average molecular weight is 268 g/mol. The van der Waals surface area contributed by atoms with Crippen LogP contribution in [0.1, 0.15) is 60.3 Å². The zero-order chi connectivity index (χ0) is 14.3. The first-order valence-corrected chi connectivity index (χ1v) is 8.57. The van der Waals surface area contributed by atoms with Crippen molar-refractivity contribution in [2.75, 3.05) is 26.2 Å². The second-order valence-corrected chi connectivity index (χ2v) is 6.51. The van der Waals surface area contributed by atoms with E-state index in [4.69, 9.17) is 0 Å². The van der Waals surface area contributed by atoms with Gasteiger partial charge < -0.3 is 10.2 Å². The minimum atomic E-state index is 0.737. The van der Waals surface area contributed by atoms with Crippen LogP contribution in [0.5, 0.6) is 0 Å². The van der Waals surface area contributed by atoms with Crippen LogP contribution in [0, 0.1) is 17.8 Å². The zero-order valence-electron chi connectivity index (χ0n) is 13.9. The molecule has 2 heteroatoms. The van der Waals surface area contributed by atoms with Crippen LogP contribution in [-0.4, -0.2) is 37.1 Å². The standard InChI is InChI=1S/C17H36N2/c1-6-18-17(11-12-19(7-2)8-3)16-10-9-14(4)15(5)13-16/h14-18H,6-13H2,1-5H3. The van der Waals surface area contributed by atoms with E-state index in [0.29, 0.717) is 0 Å². The molecule has 0 radical (unpaired) electrons. The van der Waals surface area contributed by atoms with Gasteiger partial charge in [0.15, 0.2) is 0 Å². The number of nitrogens with one attached hydrogen (secondary N) is 1. The first-order valence-electron chi connectivity index (χ1n) is 8.57. The molecule has 0 aliphatic heterocycles. The van der Waals surface area contributed by atoms with Gasteiger partial charge in [-0.2, -0.15) is 0 Å². The Morgan fingerprint density at radius 1 is 1.05 bits per heavy atom. The predicted molar refractivity (Wildman–Crippen MR) is 85.5 cm³/mol. The van der Waals surface area contributed by atoms with Crippen molar-refractivity contribution in [2.24, 2.45) is 17.8 Å². The van der Waals surface area contributed by atoms with Crippen LogP contribution in [0.4, 0.5) is 0 Å². The van der Waals surface area contributed by atoms with E-state index in [2.05, 4.69) is 44.8 Å². The van der Waals surface area contributed by atoms with Gasteiger partial charge in [0.05, 0.1) is 0 Å². The van der Waals surface area contributed by atoms with Gasteiger partial charge in [0.2, 0.25) is 0 Å². The molecular weight excluding hydrogens is 232 g/mol. The Morgan fingerprint density at radius 2 is 1.74 bits per heavy atom. The Labute approximate surface area is 121 Å². The molecule has 19 heavy (non-hydrogen) atoms. The van der Waals surface area contributed by atoms with Gasteiger partial charge in [-0.05, 0) is 63.2 Å². The predicted octanol–water partition coefficient (Wildman–Crippen LogP) is 3.77. The largest absolute Gasteiger partial charge is 0.314 e. The van der Waals surface area contributed by atoms with Crippen molar-refractivity contribution in [1.29, 1.82) is 0 Å². The summed E-state index contributed by atoms with van der Waals surface area (Å²) >= 11 is 0. The molecule has 0 bridgehead atoms. The molecular formula is C17H36N2. The van der Waals surface area contributed by atoms with Crippen LogP contribution in [0.2, 0.25) is 0 Å². The molecule has 1 saturated carbocycles. The Balaban J connectivity index is 2.47. The van der Waals surface area contributed by atoms with E-state index in [1.54, 1.807) is 0 Å². The first-order chi connectivity index (χ1) is 9.12. The summed E-state index contributed by atoms with van der Waals surface area (Å²) in [4.78, 5) is 2.55. The minimum Gasteiger partial charge on any atom is -0.314 e. The molecule has 0 amide bonds. The monoisotopic (exact) mass is 268 g/mol. The number of rotatable bonds is 8. The molecule has 114 valence electrons. The van der Waals surface area contributed by atoms with Gasteiger partial charge in [-0.1, -0.05) is 41.0 Å². The third-order valence-corrected chi connectivity index (χ3v) is 5.32. The molecule has 1 rings (SSSR count). The van der Waals surface area contributed by atoms with Crippen molar-refractivity contribution in [1.82, 2.24) is 10.2 Å². The molecule has 1 aliphatic rings. The molecule has 0 heterocycles. The summed E-state index contributed by atoms with van der Waals surface area (Å²) in [7, 11) is 0. The zero-order valence-corrected chi connectivity index (χ0v) is 13.9. The maximum Gasteiger partial charge on any atom is 0.0107 e. The quantitative estimate of drug-likeness (QED) is 0.721. The molecule has 0 aromatic carbocycles. The molecule has 4 unspecified atom stereocenters. The van der Waals surface area contributed by atoms with E-state index in [0.717, 1.165) is 30.3 Å². The third kappa shape index (κ3) is 5.43. The lowest BCUT2D eigenvalue weighted by atomic mass is 9.72. The molecule has 0 aromatic rings. The lowest BCUT2D eigenvalue weighted by Crippen LogP contribution is -2.42.